The van der Waals surface area contributed by atoms with Crippen molar-refractivity contribution in [2.45, 2.75) is 27.2 Å². The van der Waals surface area contributed by atoms with Crippen molar-refractivity contribution in [1.29, 1.82) is 0 Å². The van der Waals surface area contributed by atoms with Crippen molar-refractivity contribution >= 4 is 12.0 Å². The molecule has 0 unspecified atom stereocenters. The summed E-state index contributed by atoms with van der Waals surface area (Å²) in [5.41, 5.74) is 1.50. The number of hydrogen-bond acceptors (Lipinski definition) is 1. The molecular formula is C14H18O2. The number of benzene rings is 1. The highest BCUT2D eigenvalue weighted by Gasteiger charge is 2.26. The number of rotatable bonds is 4. The van der Waals surface area contributed by atoms with Gasteiger partial charge in [0, 0.05) is 0 Å². The average Bonchev–Trinajstić information content (AvgIpc) is 2.17. The van der Waals surface area contributed by atoms with Crippen LogP contribution < -0.4 is 0 Å². The van der Waals surface area contributed by atoms with E-state index in [1.165, 1.54) is 0 Å². The lowest BCUT2D eigenvalue weighted by atomic mass is 9.86. The molecule has 2 nitrogen and oxygen atoms in total. The van der Waals surface area contributed by atoms with Crippen LogP contribution in [-0.2, 0) is 4.79 Å². The Morgan fingerprint density at radius 3 is 2.38 bits per heavy atom. The van der Waals surface area contributed by atoms with Crippen LogP contribution in [0.4, 0.5) is 0 Å². The topological polar surface area (TPSA) is 37.3 Å². The van der Waals surface area contributed by atoms with Gasteiger partial charge in [-0.15, -0.1) is 0 Å². The van der Waals surface area contributed by atoms with Crippen LogP contribution in [0.2, 0.25) is 0 Å². The minimum absolute atomic E-state index is 0.567. The van der Waals surface area contributed by atoms with Gasteiger partial charge in [0.05, 0.1) is 5.41 Å². The second-order valence-corrected chi connectivity index (χ2v) is 4.77. The maximum Gasteiger partial charge on any atom is 0.309 e. The highest BCUT2D eigenvalue weighted by molar-refractivity contribution is 5.74. The van der Waals surface area contributed by atoms with E-state index in [1.807, 2.05) is 43.3 Å². The zero-order valence-electron chi connectivity index (χ0n) is 10.0. The fraction of sp³-hybridized carbons (Fsp3) is 0.357. The van der Waals surface area contributed by atoms with Crippen LogP contribution in [0.5, 0.6) is 0 Å². The first-order valence-corrected chi connectivity index (χ1v) is 5.37. The van der Waals surface area contributed by atoms with Gasteiger partial charge in [0.2, 0.25) is 0 Å². The second kappa shape index (κ2) is 4.97. The average molecular weight is 218 g/mol. The molecule has 1 aromatic carbocycles. The van der Waals surface area contributed by atoms with E-state index in [1.54, 1.807) is 13.8 Å². The molecule has 0 fully saturated rings. The fourth-order valence-electron chi connectivity index (χ4n) is 1.66. The third-order valence-electron chi connectivity index (χ3n) is 2.51. The van der Waals surface area contributed by atoms with E-state index in [0.717, 1.165) is 11.1 Å². The summed E-state index contributed by atoms with van der Waals surface area (Å²) in [5.74, 6) is -0.756. The minimum atomic E-state index is -0.756. The number of hydrogen-bond donors (Lipinski definition) is 1. The predicted octanol–water partition coefficient (Wildman–Crippen LogP) is 3.59. The molecule has 0 saturated heterocycles. The SMILES string of the molecule is C/C(=C\c1ccccc1)CC(C)(C)C(=O)O. The van der Waals surface area contributed by atoms with Crippen molar-refractivity contribution in [2.75, 3.05) is 0 Å². The van der Waals surface area contributed by atoms with Gasteiger partial charge in [-0.05, 0) is 32.8 Å². The highest BCUT2D eigenvalue weighted by atomic mass is 16.4. The van der Waals surface area contributed by atoms with Crippen molar-refractivity contribution < 1.29 is 9.90 Å². The Bertz CT molecular complexity index is 388. The summed E-state index contributed by atoms with van der Waals surface area (Å²) in [4.78, 5) is 11.0. The molecule has 2 heteroatoms. The molecule has 0 aliphatic heterocycles. The van der Waals surface area contributed by atoms with Crippen LogP contribution in [0.1, 0.15) is 32.8 Å². The molecule has 0 atom stereocenters. The summed E-state index contributed by atoms with van der Waals surface area (Å²) in [5, 5.41) is 9.03. The molecule has 1 N–H and O–H groups in total. The third-order valence-corrected chi connectivity index (χ3v) is 2.51. The molecule has 0 amide bonds. The van der Waals surface area contributed by atoms with Gasteiger partial charge in [0.25, 0.3) is 0 Å². The Kier molecular flexibility index (Phi) is 3.88. The highest BCUT2D eigenvalue weighted by Crippen LogP contribution is 2.26. The van der Waals surface area contributed by atoms with Gasteiger partial charge in [0.1, 0.15) is 0 Å². The summed E-state index contributed by atoms with van der Waals surface area (Å²) >= 11 is 0. The van der Waals surface area contributed by atoms with Gasteiger partial charge >= 0.3 is 5.97 Å². The number of allylic oxidation sites excluding steroid dienone is 1. The third kappa shape index (κ3) is 3.54. The molecule has 1 rings (SSSR count). The molecule has 0 aromatic heterocycles. The summed E-state index contributed by atoms with van der Waals surface area (Å²) in [6.07, 6.45) is 2.60. The lowest BCUT2D eigenvalue weighted by Crippen LogP contribution is -2.23. The van der Waals surface area contributed by atoms with Gasteiger partial charge in [-0.25, -0.2) is 0 Å². The Hall–Kier alpha value is -1.57. The zero-order valence-corrected chi connectivity index (χ0v) is 10.0. The number of aliphatic carboxylic acids is 1. The van der Waals surface area contributed by atoms with Crippen LogP contribution in [-0.4, -0.2) is 11.1 Å². The Labute approximate surface area is 96.6 Å². The van der Waals surface area contributed by atoms with Crippen molar-refractivity contribution in [3.05, 3.63) is 41.5 Å². The largest absolute Gasteiger partial charge is 0.481 e. The molecule has 0 aliphatic carbocycles. The lowest BCUT2D eigenvalue weighted by Gasteiger charge is -2.19. The van der Waals surface area contributed by atoms with E-state index in [-0.39, 0.29) is 0 Å². The van der Waals surface area contributed by atoms with Crippen molar-refractivity contribution in [2.24, 2.45) is 5.41 Å². The summed E-state index contributed by atoms with van der Waals surface area (Å²) in [7, 11) is 0. The molecule has 16 heavy (non-hydrogen) atoms. The molecule has 0 radical (unpaired) electrons. The van der Waals surface area contributed by atoms with Gasteiger partial charge < -0.3 is 5.11 Å². The van der Waals surface area contributed by atoms with E-state index in [2.05, 4.69) is 0 Å². The van der Waals surface area contributed by atoms with Crippen LogP contribution >= 0.6 is 0 Å². The van der Waals surface area contributed by atoms with Crippen molar-refractivity contribution in [3.63, 3.8) is 0 Å². The quantitative estimate of drug-likeness (QED) is 0.838. The van der Waals surface area contributed by atoms with Crippen LogP contribution in [0, 0.1) is 5.41 Å². The van der Waals surface area contributed by atoms with E-state index in [4.69, 9.17) is 5.11 Å². The van der Waals surface area contributed by atoms with Gasteiger partial charge in [0.15, 0.2) is 0 Å². The number of carbonyl (C=O) groups is 1. The molecule has 1 aromatic rings. The van der Waals surface area contributed by atoms with Crippen molar-refractivity contribution in [1.82, 2.24) is 0 Å². The second-order valence-electron chi connectivity index (χ2n) is 4.77. The fourth-order valence-corrected chi connectivity index (χ4v) is 1.66. The first-order valence-electron chi connectivity index (χ1n) is 5.37. The Morgan fingerprint density at radius 1 is 1.31 bits per heavy atom. The van der Waals surface area contributed by atoms with Crippen LogP contribution in [0.15, 0.2) is 35.9 Å². The molecular weight excluding hydrogens is 200 g/mol. The molecule has 0 saturated carbocycles. The first kappa shape index (κ1) is 12.5. The van der Waals surface area contributed by atoms with E-state index < -0.39 is 11.4 Å². The molecule has 0 heterocycles. The minimum Gasteiger partial charge on any atom is -0.481 e. The molecule has 86 valence electrons. The summed E-state index contributed by atoms with van der Waals surface area (Å²) < 4.78 is 0. The van der Waals surface area contributed by atoms with E-state index >= 15 is 0 Å². The van der Waals surface area contributed by atoms with E-state index in [9.17, 15) is 4.79 Å². The van der Waals surface area contributed by atoms with Crippen LogP contribution in [0.25, 0.3) is 6.08 Å². The zero-order chi connectivity index (χ0) is 12.2. The molecule has 0 spiro atoms. The Balaban J connectivity index is 2.77. The van der Waals surface area contributed by atoms with Gasteiger partial charge in [-0.2, -0.15) is 0 Å². The predicted molar refractivity (Wildman–Crippen MR) is 66.1 cm³/mol. The summed E-state index contributed by atoms with van der Waals surface area (Å²) in [6.45, 7) is 5.47. The monoisotopic (exact) mass is 218 g/mol. The normalized spacial score (nSPS) is 12.6. The first-order chi connectivity index (χ1) is 7.42. The van der Waals surface area contributed by atoms with Crippen molar-refractivity contribution in [3.8, 4) is 0 Å². The molecule has 0 aliphatic rings. The van der Waals surface area contributed by atoms with Crippen LogP contribution in [0.3, 0.4) is 0 Å². The summed E-state index contributed by atoms with van der Waals surface area (Å²) in [6, 6.07) is 9.94. The standard InChI is InChI=1S/C14H18O2/c1-11(10-14(2,3)13(15)16)9-12-7-5-4-6-8-12/h4-9H,10H2,1-3H3,(H,15,16)/b11-9+. The number of carboxylic acids is 1. The Morgan fingerprint density at radius 2 is 1.88 bits per heavy atom. The smallest absolute Gasteiger partial charge is 0.309 e. The molecule has 0 bridgehead atoms. The van der Waals surface area contributed by atoms with Gasteiger partial charge in [-0.1, -0.05) is 42.0 Å². The van der Waals surface area contributed by atoms with E-state index in [0.29, 0.717) is 6.42 Å². The van der Waals surface area contributed by atoms with Gasteiger partial charge in [-0.3, -0.25) is 4.79 Å². The lowest BCUT2D eigenvalue weighted by molar-refractivity contribution is -0.146. The number of carboxylic acid groups (broad SMARTS) is 1. The maximum atomic E-state index is 11.0. The maximum absolute atomic E-state index is 11.0.